The maximum Gasteiger partial charge on any atom is 0.103 e. The summed E-state index contributed by atoms with van der Waals surface area (Å²) in [5.74, 6) is 0. The molecule has 2 aromatic rings. The van der Waals surface area contributed by atoms with Crippen LogP contribution >= 0.6 is 11.6 Å². The van der Waals surface area contributed by atoms with Gasteiger partial charge in [-0.1, -0.05) is 48.0 Å². The van der Waals surface area contributed by atoms with E-state index in [4.69, 9.17) is 16.9 Å². The third-order valence-corrected chi connectivity index (χ3v) is 3.11. The summed E-state index contributed by atoms with van der Waals surface area (Å²) in [5.41, 5.74) is 1.85. The van der Waals surface area contributed by atoms with Crippen LogP contribution in [-0.4, -0.2) is 11.7 Å². The number of rotatable bonds is 4. The smallest absolute Gasteiger partial charge is 0.103 e. The number of hydrogen-bond acceptors (Lipinski definition) is 3. The Morgan fingerprint density at radius 1 is 1.16 bits per heavy atom. The SMILES string of the molecule is N#Cc1c(Cl)cccc1NCC(O)c1ccccc1. The molecule has 0 saturated heterocycles. The number of aliphatic hydroxyl groups excluding tert-OH is 1. The molecule has 2 rings (SSSR count). The zero-order valence-electron chi connectivity index (χ0n) is 10.2. The van der Waals surface area contributed by atoms with Gasteiger partial charge in [0.05, 0.1) is 22.4 Å². The summed E-state index contributed by atoms with van der Waals surface area (Å²) in [6.07, 6.45) is -0.633. The minimum absolute atomic E-state index is 0.318. The maximum absolute atomic E-state index is 10.0. The Morgan fingerprint density at radius 3 is 2.58 bits per heavy atom. The van der Waals surface area contributed by atoms with Crippen LogP contribution in [0, 0.1) is 11.3 Å². The van der Waals surface area contributed by atoms with Crippen molar-refractivity contribution in [3.63, 3.8) is 0 Å². The molecule has 1 unspecified atom stereocenters. The normalized spacial score (nSPS) is 11.6. The van der Waals surface area contributed by atoms with E-state index in [2.05, 4.69) is 11.4 Å². The first kappa shape index (κ1) is 13.4. The summed E-state index contributed by atoms with van der Waals surface area (Å²) in [4.78, 5) is 0. The van der Waals surface area contributed by atoms with Crippen LogP contribution in [0.25, 0.3) is 0 Å². The van der Waals surface area contributed by atoms with Gasteiger partial charge in [-0.3, -0.25) is 0 Å². The Labute approximate surface area is 117 Å². The molecule has 0 aliphatic rings. The second-order valence-corrected chi connectivity index (χ2v) is 4.49. The van der Waals surface area contributed by atoms with Crippen molar-refractivity contribution in [1.29, 1.82) is 5.26 Å². The lowest BCUT2D eigenvalue weighted by Crippen LogP contribution is -2.12. The van der Waals surface area contributed by atoms with Gasteiger partial charge in [0.25, 0.3) is 0 Å². The predicted molar refractivity (Wildman–Crippen MR) is 76.1 cm³/mol. The van der Waals surface area contributed by atoms with E-state index < -0.39 is 6.10 Å². The van der Waals surface area contributed by atoms with Crippen LogP contribution in [-0.2, 0) is 0 Å². The van der Waals surface area contributed by atoms with E-state index in [0.29, 0.717) is 22.8 Å². The summed E-state index contributed by atoms with van der Waals surface area (Å²) < 4.78 is 0. The number of halogens is 1. The highest BCUT2D eigenvalue weighted by atomic mass is 35.5. The predicted octanol–water partition coefficient (Wildman–Crippen LogP) is 3.36. The van der Waals surface area contributed by atoms with Gasteiger partial charge in [-0.15, -0.1) is 0 Å². The second-order valence-electron chi connectivity index (χ2n) is 4.08. The van der Waals surface area contributed by atoms with Crippen LogP contribution in [0.2, 0.25) is 5.02 Å². The Morgan fingerprint density at radius 2 is 1.89 bits per heavy atom. The summed E-state index contributed by atoms with van der Waals surface area (Å²) in [6.45, 7) is 0.318. The minimum Gasteiger partial charge on any atom is -0.387 e. The molecule has 3 nitrogen and oxygen atoms in total. The fraction of sp³-hybridized carbons (Fsp3) is 0.133. The Hall–Kier alpha value is -2.02. The molecule has 0 aromatic heterocycles. The molecule has 0 radical (unpaired) electrons. The highest BCUT2D eigenvalue weighted by Gasteiger charge is 2.09. The molecular weight excluding hydrogens is 260 g/mol. The first-order chi connectivity index (χ1) is 9.22. The van der Waals surface area contributed by atoms with Crippen LogP contribution in [0.15, 0.2) is 48.5 Å². The van der Waals surface area contributed by atoms with E-state index in [1.165, 1.54) is 0 Å². The van der Waals surface area contributed by atoms with Gasteiger partial charge >= 0.3 is 0 Å². The first-order valence-electron chi connectivity index (χ1n) is 5.88. The highest BCUT2D eigenvalue weighted by Crippen LogP contribution is 2.24. The molecule has 0 heterocycles. The van der Waals surface area contributed by atoms with Crippen molar-refractivity contribution in [2.24, 2.45) is 0 Å². The molecule has 1 atom stereocenters. The quantitative estimate of drug-likeness (QED) is 0.897. The lowest BCUT2D eigenvalue weighted by molar-refractivity contribution is 0.191. The van der Waals surface area contributed by atoms with E-state index in [0.717, 1.165) is 5.56 Å². The van der Waals surface area contributed by atoms with E-state index in [1.54, 1.807) is 18.2 Å². The van der Waals surface area contributed by atoms with Crippen molar-refractivity contribution in [2.75, 3.05) is 11.9 Å². The number of benzene rings is 2. The Kier molecular flexibility index (Phi) is 4.40. The van der Waals surface area contributed by atoms with Gasteiger partial charge in [0.1, 0.15) is 6.07 Å². The second kappa shape index (κ2) is 6.24. The van der Waals surface area contributed by atoms with Gasteiger partial charge in [-0.05, 0) is 17.7 Å². The Bertz CT molecular complexity index is 593. The lowest BCUT2D eigenvalue weighted by Gasteiger charge is -2.14. The number of aliphatic hydroxyl groups is 1. The molecule has 19 heavy (non-hydrogen) atoms. The average Bonchev–Trinajstić information content (AvgIpc) is 2.45. The molecule has 4 heteroatoms. The molecule has 2 aromatic carbocycles. The standard InChI is InChI=1S/C15H13ClN2O/c16-13-7-4-8-14(12(13)9-17)18-10-15(19)11-5-2-1-3-6-11/h1-8,15,18-19H,10H2. The molecule has 0 amide bonds. The number of anilines is 1. The van der Waals surface area contributed by atoms with Crippen LogP contribution in [0.1, 0.15) is 17.2 Å². The number of hydrogen-bond donors (Lipinski definition) is 2. The molecule has 96 valence electrons. The summed E-state index contributed by atoms with van der Waals surface area (Å²) in [7, 11) is 0. The van der Waals surface area contributed by atoms with Crippen LogP contribution in [0.3, 0.4) is 0 Å². The van der Waals surface area contributed by atoms with Crippen LogP contribution in [0.5, 0.6) is 0 Å². The monoisotopic (exact) mass is 272 g/mol. The van der Waals surface area contributed by atoms with Gasteiger partial charge in [-0.25, -0.2) is 0 Å². The van der Waals surface area contributed by atoms with Crippen molar-refractivity contribution in [3.05, 3.63) is 64.7 Å². The third kappa shape index (κ3) is 3.25. The van der Waals surface area contributed by atoms with E-state index >= 15 is 0 Å². The topological polar surface area (TPSA) is 56.0 Å². The zero-order chi connectivity index (χ0) is 13.7. The average molecular weight is 273 g/mol. The van der Waals surface area contributed by atoms with Gasteiger partial charge in [0.15, 0.2) is 0 Å². The summed E-state index contributed by atoms with van der Waals surface area (Å²) >= 11 is 5.94. The molecule has 0 aliphatic carbocycles. The van der Waals surface area contributed by atoms with Gasteiger partial charge in [0, 0.05) is 6.54 Å². The molecule has 0 saturated carbocycles. The maximum atomic E-state index is 10.0. The largest absolute Gasteiger partial charge is 0.387 e. The van der Waals surface area contributed by atoms with Crippen LogP contribution < -0.4 is 5.32 Å². The van der Waals surface area contributed by atoms with Crippen molar-refractivity contribution in [1.82, 2.24) is 0 Å². The summed E-state index contributed by atoms with van der Waals surface area (Å²) in [6, 6.07) is 16.6. The fourth-order valence-electron chi connectivity index (χ4n) is 1.78. The van der Waals surface area contributed by atoms with Crippen LogP contribution in [0.4, 0.5) is 5.69 Å². The molecule has 0 fully saturated rings. The number of nitriles is 1. The number of nitrogens with zero attached hydrogens (tertiary/aromatic N) is 1. The van der Waals surface area contributed by atoms with Crippen molar-refractivity contribution >= 4 is 17.3 Å². The molecule has 0 spiro atoms. The highest BCUT2D eigenvalue weighted by molar-refractivity contribution is 6.32. The van der Waals surface area contributed by atoms with E-state index in [1.807, 2.05) is 30.3 Å². The molecule has 0 aliphatic heterocycles. The molecular formula is C15H13ClN2O. The zero-order valence-corrected chi connectivity index (χ0v) is 10.9. The first-order valence-corrected chi connectivity index (χ1v) is 6.25. The van der Waals surface area contributed by atoms with Gasteiger partial charge < -0.3 is 10.4 Å². The third-order valence-electron chi connectivity index (χ3n) is 2.80. The van der Waals surface area contributed by atoms with Gasteiger partial charge in [-0.2, -0.15) is 5.26 Å². The lowest BCUT2D eigenvalue weighted by atomic mass is 10.1. The van der Waals surface area contributed by atoms with Gasteiger partial charge in [0.2, 0.25) is 0 Å². The summed E-state index contributed by atoms with van der Waals surface area (Å²) in [5, 5.41) is 22.5. The Balaban J connectivity index is 2.08. The van der Waals surface area contributed by atoms with Crippen molar-refractivity contribution in [3.8, 4) is 6.07 Å². The fourth-order valence-corrected chi connectivity index (χ4v) is 2.00. The number of nitrogens with one attached hydrogen (secondary N) is 1. The van der Waals surface area contributed by atoms with Crippen molar-refractivity contribution in [2.45, 2.75) is 6.10 Å². The molecule has 0 bridgehead atoms. The van der Waals surface area contributed by atoms with E-state index in [9.17, 15) is 5.11 Å². The van der Waals surface area contributed by atoms with Crippen molar-refractivity contribution < 1.29 is 5.11 Å². The van der Waals surface area contributed by atoms with E-state index in [-0.39, 0.29) is 0 Å². The molecule has 2 N–H and O–H groups in total. The minimum atomic E-state index is -0.633.